The Morgan fingerprint density at radius 1 is 0.975 bits per heavy atom. The zero-order chi connectivity index (χ0) is 29.4. The van der Waals surface area contributed by atoms with E-state index in [1.165, 1.54) is 17.0 Å². The quantitative estimate of drug-likeness (QED) is 0.324. The van der Waals surface area contributed by atoms with Crippen molar-refractivity contribution in [1.82, 2.24) is 10.2 Å². The van der Waals surface area contributed by atoms with Crippen LogP contribution in [0.1, 0.15) is 30.5 Å². The zero-order valence-electron chi connectivity index (χ0n) is 23.1. The average molecular weight is 588 g/mol. The van der Waals surface area contributed by atoms with Gasteiger partial charge in [0.05, 0.1) is 11.9 Å². The van der Waals surface area contributed by atoms with Crippen molar-refractivity contribution in [3.63, 3.8) is 0 Å². The van der Waals surface area contributed by atoms with Crippen LogP contribution >= 0.6 is 11.6 Å². The first-order valence-electron chi connectivity index (χ1n) is 12.9. The molecule has 3 rings (SSSR count). The summed E-state index contributed by atoms with van der Waals surface area (Å²) in [5.41, 5.74) is 2.31. The number of anilines is 1. The highest BCUT2D eigenvalue weighted by Crippen LogP contribution is 2.26. The van der Waals surface area contributed by atoms with Gasteiger partial charge in [-0.15, -0.1) is 0 Å². The molecule has 2 amide bonds. The van der Waals surface area contributed by atoms with Crippen LogP contribution in [-0.2, 0) is 32.6 Å². The Hall–Kier alpha value is -3.43. The van der Waals surface area contributed by atoms with E-state index in [2.05, 4.69) is 5.32 Å². The standard InChI is InChI=1S/C30H35ClFN3O4S/c1-21(2)18-33-30(37)28(17-23-8-6-5-7-9-23)34(19-24-10-13-26(32)14-11-24)29(36)20-35(40(4,38)39)27-15-12-25(31)16-22(27)3/h5-16,21,28H,17-20H2,1-4H3,(H,33,37). The molecule has 1 N–H and O–H groups in total. The predicted octanol–water partition coefficient (Wildman–Crippen LogP) is 4.97. The molecule has 0 aliphatic carbocycles. The molecule has 1 unspecified atom stereocenters. The van der Waals surface area contributed by atoms with Gasteiger partial charge in [-0.2, -0.15) is 0 Å². The molecule has 1 atom stereocenters. The lowest BCUT2D eigenvalue weighted by atomic mass is 10.0. The van der Waals surface area contributed by atoms with E-state index in [-0.39, 0.29) is 24.8 Å². The summed E-state index contributed by atoms with van der Waals surface area (Å²) in [4.78, 5) is 29.0. The van der Waals surface area contributed by atoms with E-state index in [0.717, 1.165) is 16.1 Å². The topological polar surface area (TPSA) is 86.8 Å². The Morgan fingerprint density at radius 2 is 1.62 bits per heavy atom. The number of amides is 2. The smallest absolute Gasteiger partial charge is 0.244 e. The third-order valence-electron chi connectivity index (χ3n) is 6.33. The molecular formula is C30H35ClFN3O4S. The van der Waals surface area contributed by atoms with E-state index < -0.39 is 34.3 Å². The maximum absolute atomic E-state index is 14.0. The summed E-state index contributed by atoms with van der Waals surface area (Å²) in [5, 5.41) is 3.36. The second kappa shape index (κ2) is 13.8. The number of hydrogen-bond acceptors (Lipinski definition) is 4. The van der Waals surface area contributed by atoms with E-state index in [0.29, 0.717) is 28.4 Å². The molecule has 214 valence electrons. The minimum absolute atomic E-state index is 0.0249. The number of nitrogens with one attached hydrogen (secondary N) is 1. The Bertz CT molecular complexity index is 1420. The molecule has 10 heteroatoms. The molecule has 0 bridgehead atoms. The van der Waals surface area contributed by atoms with Gasteiger partial charge in [0, 0.05) is 24.5 Å². The highest BCUT2D eigenvalue weighted by Gasteiger charge is 2.33. The van der Waals surface area contributed by atoms with Crippen LogP contribution < -0.4 is 9.62 Å². The first-order chi connectivity index (χ1) is 18.8. The second-order valence-electron chi connectivity index (χ2n) is 10.2. The van der Waals surface area contributed by atoms with Crippen LogP contribution in [0.3, 0.4) is 0 Å². The van der Waals surface area contributed by atoms with Gasteiger partial charge in [-0.3, -0.25) is 13.9 Å². The normalized spacial score (nSPS) is 12.2. The highest BCUT2D eigenvalue weighted by atomic mass is 35.5. The van der Waals surface area contributed by atoms with Crippen LogP contribution in [0.4, 0.5) is 10.1 Å². The molecule has 0 saturated carbocycles. The van der Waals surface area contributed by atoms with Crippen LogP contribution in [-0.4, -0.2) is 50.5 Å². The molecule has 0 aromatic heterocycles. The van der Waals surface area contributed by atoms with Crippen LogP contribution in [0, 0.1) is 18.7 Å². The highest BCUT2D eigenvalue weighted by molar-refractivity contribution is 7.92. The lowest BCUT2D eigenvalue weighted by Gasteiger charge is -2.34. The van der Waals surface area contributed by atoms with Gasteiger partial charge in [-0.25, -0.2) is 12.8 Å². The third kappa shape index (κ3) is 8.79. The fourth-order valence-electron chi connectivity index (χ4n) is 4.26. The van der Waals surface area contributed by atoms with Crippen molar-refractivity contribution < 1.29 is 22.4 Å². The minimum Gasteiger partial charge on any atom is -0.354 e. The average Bonchev–Trinajstić information content (AvgIpc) is 2.89. The number of aryl methyl sites for hydroxylation is 1. The Balaban J connectivity index is 2.06. The Morgan fingerprint density at radius 3 is 2.20 bits per heavy atom. The van der Waals surface area contributed by atoms with Gasteiger partial charge in [0.25, 0.3) is 0 Å². The van der Waals surface area contributed by atoms with Gasteiger partial charge in [0.2, 0.25) is 21.8 Å². The molecule has 3 aromatic rings. The molecule has 0 aliphatic rings. The second-order valence-corrected chi connectivity index (χ2v) is 12.5. The zero-order valence-corrected chi connectivity index (χ0v) is 24.7. The van der Waals surface area contributed by atoms with Gasteiger partial charge in [0.15, 0.2) is 0 Å². The molecule has 3 aromatic carbocycles. The van der Waals surface area contributed by atoms with Crippen molar-refractivity contribution in [1.29, 1.82) is 0 Å². The number of halogens is 2. The van der Waals surface area contributed by atoms with Crippen molar-refractivity contribution in [2.45, 2.75) is 39.8 Å². The summed E-state index contributed by atoms with van der Waals surface area (Å²) >= 11 is 6.08. The number of sulfonamides is 1. The summed E-state index contributed by atoms with van der Waals surface area (Å²) in [6.07, 6.45) is 1.23. The van der Waals surface area contributed by atoms with E-state index in [9.17, 15) is 22.4 Å². The molecular weight excluding hydrogens is 553 g/mol. The van der Waals surface area contributed by atoms with Gasteiger partial charge >= 0.3 is 0 Å². The molecule has 0 spiro atoms. The first-order valence-corrected chi connectivity index (χ1v) is 15.2. The molecule has 7 nitrogen and oxygen atoms in total. The summed E-state index contributed by atoms with van der Waals surface area (Å²) in [6, 6.07) is 18.7. The molecule has 0 saturated heterocycles. The number of benzene rings is 3. The maximum atomic E-state index is 14.0. The van der Waals surface area contributed by atoms with Gasteiger partial charge in [0.1, 0.15) is 18.4 Å². The van der Waals surface area contributed by atoms with Gasteiger partial charge < -0.3 is 10.2 Å². The molecule has 0 fully saturated rings. The minimum atomic E-state index is -3.89. The fourth-order valence-corrected chi connectivity index (χ4v) is 5.39. The van der Waals surface area contributed by atoms with Crippen LogP contribution in [0.25, 0.3) is 0 Å². The summed E-state index contributed by atoms with van der Waals surface area (Å²) in [7, 11) is -3.89. The number of carbonyl (C=O) groups is 2. The molecule has 0 heterocycles. The number of carbonyl (C=O) groups excluding carboxylic acids is 2. The first kappa shape index (κ1) is 31.1. The fraction of sp³-hybridized carbons (Fsp3) is 0.333. The van der Waals surface area contributed by atoms with Crippen molar-refractivity contribution >= 4 is 39.1 Å². The van der Waals surface area contributed by atoms with Gasteiger partial charge in [-0.05, 0) is 59.9 Å². The summed E-state index contributed by atoms with van der Waals surface area (Å²) in [6.45, 7) is 5.48. The predicted molar refractivity (Wildman–Crippen MR) is 157 cm³/mol. The number of hydrogen-bond donors (Lipinski definition) is 1. The SMILES string of the molecule is Cc1cc(Cl)ccc1N(CC(=O)N(Cc1ccc(F)cc1)C(Cc1ccccc1)C(=O)NCC(C)C)S(C)(=O)=O. The third-order valence-corrected chi connectivity index (χ3v) is 7.69. The Kier molecular flexibility index (Phi) is 10.7. The maximum Gasteiger partial charge on any atom is 0.244 e. The van der Waals surface area contributed by atoms with Crippen LogP contribution in [0.5, 0.6) is 0 Å². The van der Waals surface area contributed by atoms with Crippen LogP contribution in [0.2, 0.25) is 5.02 Å². The lowest BCUT2D eigenvalue weighted by Crippen LogP contribution is -2.53. The summed E-state index contributed by atoms with van der Waals surface area (Å²) in [5.74, 6) is -1.19. The number of nitrogens with zero attached hydrogens (tertiary/aromatic N) is 2. The number of rotatable bonds is 12. The largest absolute Gasteiger partial charge is 0.354 e. The van der Waals surface area contributed by atoms with Gasteiger partial charge in [-0.1, -0.05) is 67.9 Å². The van der Waals surface area contributed by atoms with E-state index >= 15 is 0 Å². The molecule has 0 aliphatic heterocycles. The van der Waals surface area contributed by atoms with Crippen molar-refractivity contribution in [3.8, 4) is 0 Å². The van der Waals surface area contributed by atoms with E-state index in [4.69, 9.17) is 11.6 Å². The van der Waals surface area contributed by atoms with E-state index in [1.807, 2.05) is 44.2 Å². The van der Waals surface area contributed by atoms with Crippen molar-refractivity contribution in [3.05, 3.63) is 100 Å². The van der Waals surface area contributed by atoms with Crippen molar-refractivity contribution in [2.24, 2.45) is 5.92 Å². The van der Waals surface area contributed by atoms with E-state index in [1.54, 1.807) is 37.3 Å². The van der Waals surface area contributed by atoms with Crippen molar-refractivity contribution in [2.75, 3.05) is 23.7 Å². The van der Waals surface area contributed by atoms with Crippen LogP contribution in [0.15, 0.2) is 72.8 Å². The summed E-state index contributed by atoms with van der Waals surface area (Å²) < 4.78 is 40.5. The molecule has 40 heavy (non-hydrogen) atoms. The Labute approximate surface area is 241 Å². The molecule has 0 radical (unpaired) electrons. The lowest BCUT2D eigenvalue weighted by molar-refractivity contribution is -0.140. The monoisotopic (exact) mass is 587 g/mol.